The molecule has 19 heavy (non-hydrogen) atoms. The Morgan fingerprint density at radius 3 is 2.95 bits per heavy atom. The van der Waals surface area contributed by atoms with Crippen LogP contribution in [-0.2, 0) is 4.74 Å². The van der Waals surface area contributed by atoms with Crippen LogP contribution < -0.4 is 5.73 Å². The highest BCUT2D eigenvalue weighted by Crippen LogP contribution is 2.30. The summed E-state index contributed by atoms with van der Waals surface area (Å²) in [6.45, 7) is 0.614. The molecular weight excluding hydrogens is 270 g/mol. The minimum absolute atomic E-state index is 0.0495. The Morgan fingerprint density at radius 1 is 1.63 bits per heavy atom. The van der Waals surface area contributed by atoms with Crippen molar-refractivity contribution >= 4 is 23.3 Å². The van der Waals surface area contributed by atoms with E-state index in [1.807, 2.05) is 0 Å². The molecule has 0 fully saturated rings. The molecule has 0 heterocycles. The second kappa shape index (κ2) is 7.59. The molecule has 0 aromatic heterocycles. The second-order valence-corrected chi connectivity index (χ2v) is 4.76. The van der Waals surface area contributed by atoms with Gasteiger partial charge < -0.3 is 15.7 Å². The minimum atomic E-state index is -0.479. The summed E-state index contributed by atoms with van der Waals surface area (Å²) in [6.07, 6.45) is 0.806. The highest BCUT2D eigenvalue weighted by Gasteiger charge is 2.16. The molecule has 104 valence electrons. The number of amidine groups is 1. The number of hydrogen-bond acceptors (Lipinski definition) is 6. The van der Waals surface area contributed by atoms with Crippen molar-refractivity contribution in [2.45, 2.75) is 11.3 Å². The SMILES string of the molecule is COCCCSc1ccc(C(N)=NO)cc1[N+](=O)[O-]. The summed E-state index contributed by atoms with van der Waals surface area (Å²) in [4.78, 5) is 11.1. The molecule has 0 saturated heterocycles. The summed E-state index contributed by atoms with van der Waals surface area (Å²) in [5.41, 5.74) is 5.67. The molecule has 8 heteroatoms. The first-order valence-electron chi connectivity index (χ1n) is 5.48. The normalized spacial score (nSPS) is 11.5. The van der Waals surface area contributed by atoms with Crippen LogP contribution in [-0.4, -0.2) is 35.4 Å². The van der Waals surface area contributed by atoms with Crippen LogP contribution in [0.15, 0.2) is 28.3 Å². The van der Waals surface area contributed by atoms with Gasteiger partial charge in [-0.15, -0.1) is 11.8 Å². The summed E-state index contributed by atoms with van der Waals surface area (Å²) >= 11 is 1.38. The minimum Gasteiger partial charge on any atom is -0.409 e. The fourth-order valence-corrected chi connectivity index (χ4v) is 2.31. The van der Waals surface area contributed by atoms with Gasteiger partial charge in [0.05, 0.1) is 9.82 Å². The molecule has 0 aliphatic heterocycles. The lowest BCUT2D eigenvalue weighted by Gasteiger charge is -2.05. The third-order valence-corrected chi connectivity index (χ3v) is 3.46. The topological polar surface area (TPSA) is 111 Å². The van der Waals surface area contributed by atoms with E-state index in [0.717, 1.165) is 12.2 Å². The molecular formula is C11H15N3O4S. The van der Waals surface area contributed by atoms with E-state index >= 15 is 0 Å². The van der Waals surface area contributed by atoms with Gasteiger partial charge in [-0.1, -0.05) is 5.16 Å². The zero-order chi connectivity index (χ0) is 14.3. The van der Waals surface area contributed by atoms with Gasteiger partial charge in [0.25, 0.3) is 5.69 Å². The Balaban J connectivity index is 2.89. The zero-order valence-corrected chi connectivity index (χ0v) is 11.2. The molecule has 0 aliphatic rings. The summed E-state index contributed by atoms with van der Waals surface area (Å²) < 4.78 is 4.92. The number of nitrogens with zero attached hydrogens (tertiary/aromatic N) is 2. The predicted molar refractivity (Wildman–Crippen MR) is 72.8 cm³/mol. The van der Waals surface area contributed by atoms with Crippen molar-refractivity contribution in [3.63, 3.8) is 0 Å². The second-order valence-electron chi connectivity index (χ2n) is 3.62. The Labute approximate surface area is 114 Å². The van der Waals surface area contributed by atoms with Crippen LogP contribution >= 0.6 is 11.8 Å². The smallest absolute Gasteiger partial charge is 0.283 e. The van der Waals surface area contributed by atoms with Crippen LogP contribution in [0, 0.1) is 10.1 Å². The Kier molecular flexibility index (Phi) is 6.10. The van der Waals surface area contributed by atoms with E-state index in [1.165, 1.54) is 17.8 Å². The van der Waals surface area contributed by atoms with Gasteiger partial charge in [0.15, 0.2) is 5.84 Å². The summed E-state index contributed by atoms with van der Waals surface area (Å²) in [6, 6.07) is 4.48. The van der Waals surface area contributed by atoms with Gasteiger partial charge in [-0.25, -0.2) is 0 Å². The van der Waals surface area contributed by atoms with Crippen LogP contribution in [0.25, 0.3) is 0 Å². The first kappa shape index (κ1) is 15.3. The molecule has 0 unspecified atom stereocenters. The average molecular weight is 285 g/mol. The van der Waals surface area contributed by atoms with E-state index in [-0.39, 0.29) is 11.5 Å². The largest absolute Gasteiger partial charge is 0.409 e. The van der Waals surface area contributed by atoms with E-state index in [2.05, 4.69) is 5.16 Å². The molecule has 0 saturated carbocycles. The van der Waals surface area contributed by atoms with Crippen molar-refractivity contribution in [2.24, 2.45) is 10.9 Å². The van der Waals surface area contributed by atoms with Gasteiger partial charge in [-0.2, -0.15) is 0 Å². The number of thioether (sulfide) groups is 1. The summed E-state index contributed by atoms with van der Waals surface area (Å²) in [5, 5.41) is 22.4. The molecule has 0 spiro atoms. The molecule has 3 N–H and O–H groups in total. The van der Waals surface area contributed by atoms with Crippen molar-refractivity contribution in [1.29, 1.82) is 0 Å². The third kappa shape index (κ3) is 4.42. The standard InChI is InChI=1S/C11H15N3O4S/c1-18-5-2-6-19-10-4-3-8(11(12)13-15)7-9(10)14(16)17/h3-4,7,15H,2,5-6H2,1H3,(H2,12,13). The van der Waals surface area contributed by atoms with Crippen LogP contribution in [0.2, 0.25) is 0 Å². The van der Waals surface area contributed by atoms with E-state index in [4.69, 9.17) is 15.7 Å². The molecule has 0 amide bonds. The lowest BCUT2D eigenvalue weighted by Crippen LogP contribution is -2.13. The molecule has 1 rings (SSSR count). The number of benzene rings is 1. The summed E-state index contributed by atoms with van der Waals surface area (Å²) in [5.74, 6) is 0.566. The van der Waals surface area contributed by atoms with Crippen LogP contribution in [0.3, 0.4) is 0 Å². The van der Waals surface area contributed by atoms with Crippen molar-refractivity contribution in [2.75, 3.05) is 19.5 Å². The first-order chi connectivity index (χ1) is 9.10. The molecule has 1 aromatic carbocycles. The highest BCUT2D eigenvalue weighted by molar-refractivity contribution is 7.99. The zero-order valence-electron chi connectivity index (χ0n) is 10.4. The number of nitro benzene ring substituents is 1. The maximum atomic E-state index is 11.0. The first-order valence-corrected chi connectivity index (χ1v) is 6.46. The van der Waals surface area contributed by atoms with E-state index in [1.54, 1.807) is 19.2 Å². The number of hydrogen-bond donors (Lipinski definition) is 2. The lowest BCUT2D eigenvalue weighted by atomic mass is 10.2. The quantitative estimate of drug-likeness (QED) is 0.150. The molecule has 1 aromatic rings. The van der Waals surface area contributed by atoms with Gasteiger partial charge in [0.2, 0.25) is 0 Å². The number of nitrogens with two attached hydrogens (primary N) is 1. The van der Waals surface area contributed by atoms with Crippen LogP contribution in [0.4, 0.5) is 5.69 Å². The van der Waals surface area contributed by atoms with Gasteiger partial charge in [-0.05, 0) is 18.6 Å². The van der Waals surface area contributed by atoms with Gasteiger partial charge in [0, 0.05) is 31.1 Å². The highest BCUT2D eigenvalue weighted by atomic mass is 32.2. The Morgan fingerprint density at radius 2 is 2.37 bits per heavy atom. The van der Waals surface area contributed by atoms with Crippen molar-refractivity contribution in [3.05, 3.63) is 33.9 Å². The number of nitro groups is 1. The Hall–Kier alpha value is -1.80. The third-order valence-electron chi connectivity index (χ3n) is 2.31. The van der Waals surface area contributed by atoms with Crippen molar-refractivity contribution < 1.29 is 14.9 Å². The predicted octanol–water partition coefficient (Wildman–Crippen LogP) is 1.82. The summed E-state index contributed by atoms with van der Waals surface area (Å²) in [7, 11) is 1.61. The monoisotopic (exact) mass is 285 g/mol. The van der Waals surface area contributed by atoms with Crippen LogP contribution in [0.5, 0.6) is 0 Å². The molecule has 0 bridgehead atoms. The van der Waals surface area contributed by atoms with Gasteiger partial charge in [0.1, 0.15) is 0 Å². The van der Waals surface area contributed by atoms with E-state index < -0.39 is 4.92 Å². The average Bonchev–Trinajstić information content (AvgIpc) is 2.42. The Bertz CT molecular complexity index is 479. The van der Waals surface area contributed by atoms with E-state index in [9.17, 15) is 10.1 Å². The molecule has 0 aliphatic carbocycles. The maximum absolute atomic E-state index is 11.0. The van der Waals surface area contributed by atoms with Gasteiger partial charge >= 0.3 is 0 Å². The molecule has 7 nitrogen and oxygen atoms in total. The van der Waals surface area contributed by atoms with Gasteiger partial charge in [-0.3, -0.25) is 10.1 Å². The van der Waals surface area contributed by atoms with E-state index in [0.29, 0.717) is 17.1 Å². The number of oxime groups is 1. The number of methoxy groups -OCH3 is 1. The van der Waals surface area contributed by atoms with Crippen molar-refractivity contribution in [1.82, 2.24) is 0 Å². The maximum Gasteiger partial charge on any atom is 0.283 e. The van der Waals surface area contributed by atoms with Crippen LogP contribution in [0.1, 0.15) is 12.0 Å². The number of rotatable bonds is 7. The number of ether oxygens (including phenoxy) is 1. The fourth-order valence-electron chi connectivity index (χ4n) is 1.38. The molecule has 0 radical (unpaired) electrons. The fraction of sp³-hybridized carbons (Fsp3) is 0.364. The molecule has 0 atom stereocenters. The van der Waals surface area contributed by atoms with Crippen molar-refractivity contribution in [3.8, 4) is 0 Å². The lowest BCUT2D eigenvalue weighted by molar-refractivity contribution is -0.387.